The van der Waals surface area contributed by atoms with Gasteiger partial charge in [0.05, 0.1) is 16.9 Å². The molecule has 3 aromatic rings. The fraction of sp³-hybridized carbons (Fsp3) is 0.240. The summed E-state index contributed by atoms with van der Waals surface area (Å²) >= 11 is 5.89. The molecule has 2 amide bonds. The molecule has 6 nitrogen and oxygen atoms in total. The number of ether oxygens (including phenoxy) is 1. The number of nitrogens with zero attached hydrogens (tertiary/aromatic N) is 1. The predicted molar refractivity (Wildman–Crippen MR) is 131 cm³/mol. The third-order valence-electron chi connectivity index (χ3n) is 5.92. The minimum atomic E-state index is -4.60. The Kier molecular flexibility index (Phi) is 6.94. The van der Waals surface area contributed by atoms with Gasteiger partial charge in [0.1, 0.15) is 21.3 Å². The number of carbonyl (C=O) groups excluding carboxylic acids is 1. The highest BCUT2D eigenvalue weighted by molar-refractivity contribution is 7.90. The van der Waals surface area contributed by atoms with Crippen LogP contribution in [0.2, 0.25) is 5.02 Å². The molecule has 0 saturated carbocycles. The highest BCUT2D eigenvalue weighted by atomic mass is 35.5. The Balaban J connectivity index is 1.73. The minimum Gasteiger partial charge on any atom is -0.457 e. The molecule has 0 aliphatic carbocycles. The van der Waals surface area contributed by atoms with Gasteiger partial charge in [-0.15, -0.1) is 0 Å². The van der Waals surface area contributed by atoms with E-state index in [1.165, 1.54) is 17.0 Å². The zero-order valence-electron chi connectivity index (χ0n) is 19.0. The number of nitrogens with one attached hydrogen (secondary N) is 1. The lowest BCUT2D eigenvalue weighted by molar-refractivity contribution is -0.137. The van der Waals surface area contributed by atoms with Crippen molar-refractivity contribution in [1.29, 1.82) is 0 Å². The second kappa shape index (κ2) is 9.67. The van der Waals surface area contributed by atoms with Crippen molar-refractivity contribution in [2.75, 3.05) is 23.5 Å². The number of hydrogen-bond acceptors (Lipinski definition) is 4. The summed E-state index contributed by atoms with van der Waals surface area (Å²) in [7, 11) is -3.48. The van der Waals surface area contributed by atoms with Gasteiger partial charge >= 0.3 is 12.2 Å². The van der Waals surface area contributed by atoms with Crippen LogP contribution in [0.3, 0.4) is 0 Å². The Hall–Kier alpha value is -3.24. The molecule has 1 heterocycles. The first kappa shape index (κ1) is 25.8. The number of carbonyl (C=O) groups is 1. The van der Waals surface area contributed by atoms with E-state index in [-0.39, 0.29) is 24.3 Å². The van der Waals surface area contributed by atoms with Gasteiger partial charge in [-0.1, -0.05) is 23.7 Å². The summed E-state index contributed by atoms with van der Waals surface area (Å²) in [6.07, 6.45) is -3.66. The molecule has 0 unspecified atom stereocenters. The van der Waals surface area contributed by atoms with Crippen LogP contribution in [0.15, 0.2) is 72.8 Å². The number of halogens is 4. The second-order valence-corrected chi connectivity index (χ2v) is 11.2. The fourth-order valence-electron chi connectivity index (χ4n) is 4.16. The second-order valence-electron chi connectivity index (χ2n) is 8.53. The van der Waals surface area contributed by atoms with E-state index in [2.05, 4.69) is 5.32 Å². The summed E-state index contributed by atoms with van der Waals surface area (Å²) in [6, 6.07) is 17.2. The molecule has 1 saturated heterocycles. The first-order chi connectivity index (χ1) is 16.9. The molecule has 4 rings (SSSR count). The highest BCUT2D eigenvalue weighted by Crippen LogP contribution is 2.42. The van der Waals surface area contributed by atoms with Crippen molar-refractivity contribution >= 4 is 33.2 Å². The molecule has 0 aromatic heterocycles. The summed E-state index contributed by atoms with van der Waals surface area (Å²) in [6.45, 7) is -0.0638. The van der Waals surface area contributed by atoms with Crippen LogP contribution in [0, 0.1) is 0 Å². The van der Waals surface area contributed by atoms with E-state index in [1.807, 2.05) is 0 Å². The van der Waals surface area contributed by atoms with Crippen molar-refractivity contribution in [3.05, 3.63) is 88.9 Å². The number of rotatable bonds is 7. The topological polar surface area (TPSA) is 75.7 Å². The van der Waals surface area contributed by atoms with Crippen LogP contribution in [0.1, 0.15) is 17.5 Å². The van der Waals surface area contributed by atoms with Crippen molar-refractivity contribution in [1.82, 2.24) is 5.32 Å². The molecule has 1 aliphatic rings. The van der Waals surface area contributed by atoms with E-state index in [4.69, 9.17) is 16.3 Å². The average molecular weight is 539 g/mol. The average Bonchev–Trinajstić information content (AvgIpc) is 3.16. The van der Waals surface area contributed by atoms with E-state index >= 15 is 0 Å². The molecule has 0 spiro atoms. The van der Waals surface area contributed by atoms with Crippen molar-refractivity contribution in [3.63, 3.8) is 0 Å². The first-order valence-corrected chi connectivity index (χ1v) is 13.3. The lowest BCUT2D eigenvalue weighted by Crippen LogP contribution is -2.46. The smallest absolute Gasteiger partial charge is 0.416 e. The molecule has 190 valence electrons. The molecule has 11 heteroatoms. The number of benzene rings is 3. The quantitative estimate of drug-likeness (QED) is 0.400. The molecule has 3 aromatic carbocycles. The first-order valence-electron chi connectivity index (χ1n) is 10.8. The zero-order valence-corrected chi connectivity index (χ0v) is 20.6. The molecule has 0 bridgehead atoms. The lowest BCUT2D eigenvalue weighted by Gasteiger charge is -2.38. The Morgan fingerprint density at radius 1 is 1.03 bits per heavy atom. The maximum Gasteiger partial charge on any atom is 0.416 e. The van der Waals surface area contributed by atoms with Crippen LogP contribution in [0.4, 0.5) is 23.7 Å². The van der Waals surface area contributed by atoms with Crippen LogP contribution in [-0.4, -0.2) is 33.0 Å². The monoisotopic (exact) mass is 538 g/mol. The van der Waals surface area contributed by atoms with Gasteiger partial charge in [-0.3, -0.25) is 4.90 Å². The number of sulfone groups is 1. The van der Waals surface area contributed by atoms with E-state index in [0.717, 1.165) is 18.4 Å². The highest BCUT2D eigenvalue weighted by Gasteiger charge is 2.48. The third-order valence-corrected chi connectivity index (χ3v) is 7.12. The summed E-state index contributed by atoms with van der Waals surface area (Å²) in [5.74, 6) is 0.672. The predicted octanol–water partition coefficient (Wildman–Crippen LogP) is 6.01. The summed E-state index contributed by atoms with van der Waals surface area (Å²) < 4.78 is 70.3. The van der Waals surface area contributed by atoms with Crippen molar-refractivity contribution in [2.24, 2.45) is 0 Å². The van der Waals surface area contributed by atoms with Gasteiger partial charge in [0.2, 0.25) is 0 Å². The standard InChI is InChI=1S/C25H22ClF3N2O4S/c1-36(33,34)14-13-24(17-3-2-4-18(15-17)25(27,28)29)16-30-23(32)31(24)20-7-11-22(12-8-20)35-21-9-5-19(26)6-10-21/h2-12,15H,13-14,16H2,1H3,(H,30,32)/t24-/m1/s1. The fourth-order valence-corrected chi connectivity index (χ4v) is 4.99. The van der Waals surface area contributed by atoms with Gasteiger partial charge in [0, 0.05) is 23.5 Å². The van der Waals surface area contributed by atoms with Crippen LogP contribution in [0.5, 0.6) is 11.5 Å². The normalized spacial score (nSPS) is 18.2. The van der Waals surface area contributed by atoms with Crippen LogP contribution in [0.25, 0.3) is 0 Å². The van der Waals surface area contributed by atoms with Gasteiger partial charge in [0.25, 0.3) is 0 Å². The molecule has 1 N–H and O–H groups in total. The number of amides is 2. The van der Waals surface area contributed by atoms with Crippen molar-refractivity contribution in [3.8, 4) is 11.5 Å². The largest absolute Gasteiger partial charge is 0.457 e. The number of alkyl halides is 3. The third kappa shape index (κ3) is 5.60. The van der Waals surface area contributed by atoms with E-state index in [1.54, 1.807) is 48.5 Å². The van der Waals surface area contributed by atoms with Gasteiger partial charge < -0.3 is 10.1 Å². The van der Waals surface area contributed by atoms with Gasteiger partial charge in [-0.2, -0.15) is 13.2 Å². The lowest BCUT2D eigenvalue weighted by atomic mass is 9.85. The van der Waals surface area contributed by atoms with Gasteiger partial charge in [0.15, 0.2) is 0 Å². The zero-order chi connectivity index (χ0) is 26.1. The molecule has 1 fully saturated rings. The van der Waals surface area contributed by atoms with E-state index < -0.39 is 33.1 Å². The minimum absolute atomic E-state index is 0.0638. The maximum absolute atomic E-state index is 13.5. The number of hydrogen-bond donors (Lipinski definition) is 1. The summed E-state index contributed by atoms with van der Waals surface area (Å²) in [5, 5.41) is 3.23. The Bertz CT molecular complexity index is 1360. The summed E-state index contributed by atoms with van der Waals surface area (Å²) in [5.41, 5.74) is -1.69. The Labute approximate surface area is 211 Å². The van der Waals surface area contributed by atoms with Crippen LogP contribution >= 0.6 is 11.6 Å². The maximum atomic E-state index is 13.5. The van der Waals surface area contributed by atoms with E-state index in [0.29, 0.717) is 22.2 Å². The Morgan fingerprint density at radius 2 is 1.64 bits per heavy atom. The number of anilines is 1. The van der Waals surface area contributed by atoms with Crippen molar-refractivity contribution in [2.45, 2.75) is 18.1 Å². The Morgan fingerprint density at radius 3 is 2.22 bits per heavy atom. The van der Waals surface area contributed by atoms with Gasteiger partial charge in [-0.05, 0) is 72.6 Å². The SMILES string of the molecule is CS(=O)(=O)CC[C@]1(c2cccc(C(F)(F)F)c2)CNC(=O)N1c1ccc(Oc2ccc(Cl)cc2)cc1. The molecular formula is C25H22ClF3N2O4S. The van der Waals surface area contributed by atoms with Crippen LogP contribution < -0.4 is 15.0 Å². The molecular weight excluding hydrogens is 517 g/mol. The molecule has 36 heavy (non-hydrogen) atoms. The van der Waals surface area contributed by atoms with Crippen LogP contribution in [-0.2, 0) is 21.6 Å². The number of urea groups is 1. The molecule has 1 aliphatic heterocycles. The van der Waals surface area contributed by atoms with Crippen molar-refractivity contribution < 1.29 is 31.1 Å². The summed E-state index contributed by atoms with van der Waals surface area (Å²) in [4.78, 5) is 14.3. The molecule has 0 radical (unpaired) electrons. The van der Waals surface area contributed by atoms with Gasteiger partial charge in [-0.25, -0.2) is 13.2 Å². The van der Waals surface area contributed by atoms with E-state index in [9.17, 15) is 26.4 Å². The molecule has 1 atom stereocenters.